The van der Waals surface area contributed by atoms with Crippen LogP contribution in [0.2, 0.25) is 0 Å². The molecule has 0 aromatic heterocycles. The fourth-order valence-corrected chi connectivity index (χ4v) is 1.87. The van der Waals surface area contributed by atoms with Crippen LogP contribution < -0.4 is 5.32 Å². The zero-order valence-corrected chi connectivity index (χ0v) is 12.5. The number of nitro benzene ring substituents is 1. The zero-order chi connectivity index (χ0) is 16.0. The zero-order valence-electron chi connectivity index (χ0n) is 12.5. The Morgan fingerprint density at radius 2 is 2.19 bits per heavy atom. The summed E-state index contributed by atoms with van der Waals surface area (Å²) in [5.74, 6) is -0.429. The second kappa shape index (κ2) is 7.58. The Labute approximate surface area is 123 Å². The number of rotatable bonds is 7. The SMILES string of the molecule is CCNc1ccc([N+](=O)[O-])c(C(=O)N(C)CCC(C)O)c1. The van der Waals surface area contributed by atoms with Gasteiger partial charge in [0, 0.05) is 31.9 Å². The lowest BCUT2D eigenvalue weighted by Crippen LogP contribution is -2.30. The number of amides is 1. The molecule has 0 aliphatic heterocycles. The number of hydrogen-bond acceptors (Lipinski definition) is 5. The number of aliphatic hydroxyl groups excluding tert-OH is 1. The van der Waals surface area contributed by atoms with E-state index in [9.17, 15) is 20.0 Å². The maximum absolute atomic E-state index is 12.4. The molecular formula is C14H21N3O4. The van der Waals surface area contributed by atoms with E-state index in [1.165, 1.54) is 17.0 Å². The monoisotopic (exact) mass is 295 g/mol. The maximum atomic E-state index is 12.4. The van der Waals surface area contributed by atoms with E-state index in [4.69, 9.17) is 0 Å². The maximum Gasteiger partial charge on any atom is 0.282 e. The van der Waals surface area contributed by atoms with Gasteiger partial charge in [-0.3, -0.25) is 14.9 Å². The normalized spacial score (nSPS) is 11.8. The van der Waals surface area contributed by atoms with Crippen LogP contribution in [0.25, 0.3) is 0 Å². The van der Waals surface area contributed by atoms with Crippen LogP contribution in [0.5, 0.6) is 0 Å². The predicted molar refractivity (Wildman–Crippen MR) is 80.5 cm³/mol. The quantitative estimate of drug-likeness (QED) is 0.591. The second-order valence-electron chi connectivity index (χ2n) is 4.88. The first-order valence-electron chi connectivity index (χ1n) is 6.82. The van der Waals surface area contributed by atoms with E-state index in [0.717, 1.165) is 0 Å². The van der Waals surface area contributed by atoms with E-state index in [1.54, 1.807) is 20.0 Å². The molecule has 1 atom stereocenters. The van der Waals surface area contributed by atoms with Crippen molar-refractivity contribution in [1.82, 2.24) is 4.90 Å². The van der Waals surface area contributed by atoms with E-state index in [1.807, 2.05) is 6.92 Å². The fraction of sp³-hybridized carbons (Fsp3) is 0.500. The number of nitro groups is 1. The summed E-state index contributed by atoms with van der Waals surface area (Å²) < 4.78 is 0. The number of benzene rings is 1. The Balaban J connectivity index is 3.04. The van der Waals surface area contributed by atoms with Crippen LogP contribution in [0.3, 0.4) is 0 Å². The van der Waals surface area contributed by atoms with Crippen molar-refractivity contribution in [3.05, 3.63) is 33.9 Å². The Morgan fingerprint density at radius 1 is 1.52 bits per heavy atom. The van der Waals surface area contributed by atoms with Crippen molar-refractivity contribution in [3.63, 3.8) is 0 Å². The van der Waals surface area contributed by atoms with E-state index in [-0.39, 0.29) is 11.3 Å². The summed E-state index contributed by atoms with van der Waals surface area (Å²) in [6.45, 7) is 4.52. The highest BCUT2D eigenvalue weighted by Gasteiger charge is 2.23. The summed E-state index contributed by atoms with van der Waals surface area (Å²) in [5.41, 5.74) is 0.493. The molecular weight excluding hydrogens is 274 g/mol. The van der Waals surface area contributed by atoms with Gasteiger partial charge in [-0.1, -0.05) is 0 Å². The molecule has 1 rings (SSSR count). The molecule has 0 bridgehead atoms. The lowest BCUT2D eigenvalue weighted by Gasteiger charge is -2.18. The summed E-state index contributed by atoms with van der Waals surface area (Å²) in [4.78, 5) is 24.2. The smallest absolute Gasteiger partial charge is 0.282 e. The van der Waals surface area contributed by atoms with Gasteiger partial charge >= 0.3 is 0 Å². The first kappa shape index (κ1) is 16.9. The fourth-order valence-electron chi connectivity index (χ4n) is 1.87. The molecule has 0 radical (unpaired) electrons. The molecule has 0 fully saturated rings. The van der Waals surface area contributed by atoms with Crippen molar-refractivity contribution < 1.29 is 14.8 Å². The number of anilines is 1. The van der Waals surface area contributed by atoms with Gasteiger partial charge in [0.25, 0.3) is 11.6 Å². The Bertz CT molecular complexity index is 517. The highest BCUT2D eigenvalue weighted by atomic mass is 16.6. The van der Waals surface area contributed by atoms with Crippen LogP contribution in [0.4, 0.5) is 11.4 Å². The van der Waals surface area contributed by atoms with Crippen molar-refractivity contribution in [2.24, 2.45) is 0 Å². The van der Waals surface area contributed by atoms with Gasteiger partial charge in [-0.15, -0.1) is 0 Å². The van der Waals surface area contributed by atoms with Crippen molar-refractivity contribution in [3.8, 4) is 0 Å². The average Bonchev–Trinajstić information content (AvgIpc) is 2.43. The minimum atomic E-state index is -0.564. The van der Waals surface area contributed by atoms with Crippen LogP contribution in [0.15, 0.2) is 18.2 Å². The van der Waals surface area contributed by atoms with E-state index >= 15 is 0 Å². The first-order valence-corrected chi connectivity index (χ1v) is 6.82. The van der Waals surface area contributed by atoms with E-state index in [2.05, 4.69) is 5.32 Å². The third-order valence-corrected chi connectivity index (χ3v) is 3.03. The van der Waals surface area contributed by atoms with E-state index in [0.29, 0.717) is 25.2 Å². The molecule has 0 saturated carbocycles. The van der Waals surface area contributed by atoms with Crippen LogP contribution >= 0.6 is 0 Å². The number of carbonyl (C=O) groups excluding carboxylic acids is 1. The molecule has 1 amide bonds. The molecule has 7 heteroatoms. The molecule has 21 heavy (non-hydrogen) atoms. The summed E-state index contributed by atoms with van der Waals surface area (Å²) in [5, 5.41) is 23.3. The summed E-state index contributed by atoms with van der Waals surface area (Å²) in [7, 11) is 1.56. The van der Waals surface area contributed by atoms with Crippen LogP contribution in [0, 0.1) is 10.1 Å². The van der Waals surface area contributed by atoms with Crippen molar-refractivity contribution in [2.45, 2.75) is 26.4 Å². The van der Waals surface area contributed by atoms with Crippen molar-refractivity contribution >= 4 is 17.3 Å². The molecule has 0 aliphatic rings. The molecule has 0 saturated heterocycles. The molecule has 1 aromatic rings. The lowest BCUT2D eigenvalue weighted by atomic mass is 10.1. The largest absolute Gasteiger partial charge is 0.393 e. The molecule has 0 spiro atoms. The number of hydrogen-bond donors (Lipinski definition) is 2. The van der Waals surface area contributed by atoms with Gasteiger partial charge in [0.2, 0.25) is 0 Å². The van der Waals surface area contributed by atoms with Gasteiger partial charge in [-0.05, 0) is 32.4 Å². The van der Waals surface area contributed by atoms with Crippen molar-refractivity contribution in [1.29, 1.82) is 0 Å². The van der Waals surface area contributed by atoms with Gasteiger partial charge < -0.3 is 15.3 Å². The summed E-state index contributed by atoms with van der Waals surface area (Å²) >= 11 is 0. The number of aliphatic hydroxyl groups is 1. The highest BCUT2D eigenvalue weighted by molar-refractivity contribution is 5.99. The number of carbonyl (C=O) groups is 1. The van der Waals surface area contributed by atoms with Crippen LogP contribution in [-0.2, 0) is 0 Å². The standard InChI is InChI=1S/C14H21N3O4/c1-4-15-11-5-6-13(17(20)21)12(9-11)14(19)16(3)8-7-10(2)18/h5-6,9-10,15,18H,4,7-8H2,1-3H3. The number of nitrogens with one attached hydrogen (secondary N) is 1. The minimum absolute atomic E-state index is 0.0477. The average molecular weight is 295 g/mol. The summed E-state index contributed by atoms with van der Waals surface area (Å²) in [6, 6.07) is 4.39. The molecule has 116 valence electrons. The second-order valence-corrected chi connectivity index (χ2v) is 4.88. The first-order chi connectivity index (χ1) is 9.86. The Hall–Kier alpha value is -2.15. The molecule has 2 N–H and O–H groups in total. The number of nitrogens with zero attached hydrogens (tertiary/aromatic N) is 2. The third kappa shape index (κ3) is 4.71. The topological polar surface area (TPSA) is 95.7 Å². The lowest BCUT2D eigenvalue weighted by molar-refractivity contribution is -0.385. The third-order valence-electron chi connectivity index (χ3n) is 3.03. The van der Waals surface area contributed by atoms with Gasteiger partial charge in [-0.2, -0.15) is 0 Å². The Kier molecular flexibility index (Phi) is 6.10. The highest BCUT2D eigenvalue weighted by Crippen LogP contribution is 2.24. The Morgan fingerprint density at radius 3 is 2.71 bits per heavy atom. The van der Waals surface area contributed by atoms with Crippen LogP contribution in [0.1, 0.15) is 30.6 Å². The molecule has 1 unspecified atom stereocenters. The molecule has 0 heterocycles. The molecule has 0 aliphatic carbocycles. The van der Waals surface area contributed by atoms with E-state index < -0.39 is 16.9 Å². The van der Waals surface area contributed by atoms with Crippen molar-refractivity contribution in [2.75, 3.05) is 25.5 Å². The van der Waals surface area contributed by atoms with Gasteiger partial charge in [0.15, 0.2) is 0 Å². The van der Waals surface area contributed by atoms with Gasteiger partial charge in [0.05, 0.1) is 11.0 Å². The van der Waals surface area contributed by atoms with Gasteiger partial charge in [-0.25, -0.2) is 0 Å². The summed E-state index contributed by atoms with van der Waals surface area (Å²) in [6.07, 6.45) is -0.105. The van der Waals surface area contributed by atoms with Crippen LogP contribution in [-0.4, -0.2) is 47.1 Å². The molecule has 7 nitrogen and oxygen atoms in total. The molecule has 1 aromatic carbocycles. The minimum Gasteiger partial charge on any atom is -0.393 e. The van der Waals surface area contributed by atoms with Gasteiger partial charge in [0.1, 0.15) is 5.56 Å². The predicted octanol–water partition coefficient (Wildman–Crippen LogP) is 1.87.